The van der Waals surface area contributed by atoms with E-state index in [0.717, 1.165) is 16.3 Å². The average Bonchev–Trinajstić information content (AvgIpc) is 2.81. The van der Waals surface area contributed by atoms with Gasteiger partial charge in [0.25, 0.3) is 0 Å². The van der Waals surface area contributed by atoms with Gasteiger partial charge in [0.15, 0.2) is 0 Å². The first-order valence-electron chi connectivity index (χ1n) is 4.73. The van der Waals surface area contributed by atoms with Gasteiger partial charge in [-0.05, 0) is 18.2 Å². The van der Waals surface area contributed by atoms with E-state index in [1.54, 1.807) is 31.8 Å². The van der Waals surface area contributed by atoms with Crippen LogP contribution < -0.4 is 4.74 Å². The predicted octanol–water partition coefficient (Wildman–Crippen LogP) is 1.82. The summed E-state index contributed by atoms with van der Waals surface area (Å²) in [5, 5.41) is 0. The predicted molar refractivity (Wildman–Crippen MR) is 62.9 cm³/mol. The average molecular weight is 236 g/mol. The van der Waals surface area contributed by atoms with Crippen molar-refractivity contribution in [3.63, 3.8) is 0 Å². The minimum atomic E-state index is -1.01. The molecule has 1 unspecified atom stereocenters. The molecule has 0 fully saturated rings. The van der Waals surface area contributed by atoms with Crippen molar-refractivity contribution >= 4 is 10.8 Å². The number of benzene rings is 1. The SMILES string of the molecule is COc1cc(S(C)=O)ccc1-c1ncc[nH]1. The summed E-state index contributed by atoms with van der Waals surface area (Å²) in [5.74, 6) is 1.41. The van der Waals surface area contributed by atoms with E-state index >= 15 is 0 Å². The van der Waals surface area contributed by atoms with Crippen molar-refractivity contribution in [2.24, 2.45) is 0 Å². The molecule has 2 rings (SSSR count). The summed E-state index contributed by atoms with van der Waals surface area (Å²) in [7, 11) is 0.581. The van der Waals surface area contributed by atoms with Gasteiger partial charge >= 0.3 is 0 Å². The molecule has 16 heavy (non-hydrogen) atoms. The van der Waals surface area contributed by atoms with Crippen molar-refractivity contribution in [1.29, 1.82) is 0 Å². The molecule has 1 atom stereocenters. The van der Waals surface area contributed by atoms with Crippen molar-refractivity contribution in [3.8, 4) is 17.1 Å². The van der Waals surface area contributed by atoms with Crippen molar-refractivity contribution in [2.45, 2.75) is 4.90 Å². The van der Waals surface area contributed by atoms with E-state index in [1.807, 2.05) is 12.1 Å². The summed E-state index contributed by atoms with van der Waals surface area (Å²) in [4.78, 5) is 7.91. The quantitative estimate of drug-likeness (QED) is 0.884. The van der Waals surface area contributed by atoms with Crippen LogP contribution in [0.4, 0.5) is 0 Å². The Bertz CT molecular complexity index is 509. The molecule has 0 saturated heterocycles. The molecule has 5 heteroatoms. The smallest absolute Gasteiger partial charge is 0.141 e. The Morgan fingerprint density at radius 3 is 2.81 bits per heavy atom. The molecule has 0 aliphatic carbocycles. The van der Waals surface area contributed by atoms with Gasteiger partial charge in [-0.2, -0.15) is 0 Å². The molecule has 0 bridgehead atoms. The summed E-state index contributed by atoms with van der Waals surface area (Å²) in [5.41, 5.74) is 0.863. The van der Waals surface area contributed by atoms with Gasteiger partial charge < -0.3 is 9.72 Å². The fourth-order valence-corrected chi connectivity index (χ4v) is 1.99. The van der Waals surface area contributed by atoms with E-state index < -0.39 is 10.8 Å². The Balaban J connectivity index is 2.51. The van der Waals surface area contributed by atoms with Gasteiger partial charge in [0.05, 0.1) is 12.7 Å². The van der Waals surface area contributed by atoms with Gasteiger partial charge in [-0.15, -0.1) is 0 Å². The zero-order valence-corrected chi connectivity index (χ0v) is 9.88. The monoisotopic (exact) mass is 236 g/mol. The first-order valence-corrected chi connectivity index (χ1v) is 6.29. The maximum Gasteiger partial charge on any atom is 0.141 e. The lowest BCUT2D eigenvalue weighted by Gasteiger charge is -2.07. The van der Waals surface area contributed by atoms with Crippen LogP contribution in [-0.2, 0) is 10.8 Å². The summed E-state index contributed by atoms with van der Waals surface area (Å²) < 4.78 is 16.6. The Labute approximate surface area is 96.1 Å². The molecule has 84 valence electrons. The van der Waals surface area contributed by atoms with Crippen LogP contribution in [0.1, 0.15) is 0 Å². The molecule has 2 aromatic rings. The highest BCUT2D eigenvalue weighted by atomic mass is 32.2. The second-order valence-corrected chi connectivity index (χ2v) is 4.63. The third-order valence-electron chi connectivity index (χ3n) is 2.26. The zero-order valence-electron chi connectivity index (χ0n) is 9.06. The molecule has 1 heterocycles. The number of nitrogens with zero attached hydrogens (tertiary/aromatic N) is 1. The van der Waals surface area contributed by atoms with Crippen LogP contribution in [0.15, 0.2) is 35.5 Å². The zero-order chi connectivity index (χ0) is 11.5. The van der Waals surface area contributed by atoms with Crippen LogP contribution in [0.5, 0.6) is 5.75 Å². The molecule has 1 aromatic carbocycles. The van der Waals surface area contributed by atoms with E-state index in [-0.39, 0.29) is 0 Å². The molecule has 0 saturated carbocycles. The van der Waals surface area contributed by atoms with Crippen LogP contribution >= 0.6 is 0 Å². The number of ether oxygens (including phenoxy) is 1. The third kappa shape index (κ3) is 1.99. The second-order valence-electron chi connectivity index (χ2n) is 3.25. The number of H-pyrrole nitrogens is 1. The minimum Gasteiger partial charge on any atom is -0.496 e. The van der Waals surface area contributed by atoms with Crippen molar-refractivity contribution in [1.82, 2.24) is 9.97 Å². The fraction of sp³-hybridized carbons (Fsp3) is 0.182. The number of hydrogen-bond acceptors (Lipinski definition) is 3. The lowest BCUT2D eigenvalue weighted by Crippen LogP contribution is -1.93. The van der Waals surface area contributed by atoms with Crippen LogP contribution in [0.2, 0.25) is 0 Å². The van der Waals surface area contributed by atoms with Crippen LogP contribution in [0.3, 0.4) is 0 Å². The lowest BCUT2D eigenvalue weighted by molar-refractivity contribution is 0.415. The summed E-state index contributed by atoms with van der Waals surface area (Å²) in [6.07, 6.45) is 5.07. The Kier molecular flexibility index (Phi) is 3.05. The van der Waals surface area contributed by atoms with Gasteiger partial charge in [0.2, 0.25) is 0 Å². The molecule has 0 radical (unpaired) electrons. The molecular weight excluding hydrogens is 224 g/mol. The van der Waals surface area contributed by atoms with Gasteiger partial charge in [0, 0.05) is 34.3 Å². The van der Waals surface area contributed by atoms with E-state index in [4.69, 9.17) is 4.74 Å². The number of nitrogens with one attached hydrogen (secondary N) is 1. The summed E-state index contributed by atoms with van der Waals surface area (Å²) in [6.45, 7) is 0. The second kappa shape index (κ2) is 4.49. The summed E-state index contributed by atoms with van der Waals surface area (Å²) in [6, 6.07) is 5.44. The topological polar surface area (TPSA) is 55.0 Å². The van der Waals surface area contributed by atoms with E-state index in [1.165, 1.54) is 0 Å². The first-order chi connectivity index (χ1) is 7.72. The highest BCUT2D eigenvalue weighted by molar-refractivity contribution is 7.84. The number of methoxy groups -OCH3 is 1. The van der Waals surface area contributed by atoms with Crippen LogP contribution in [0.25, 0.3) is 11.4 Å². The maximum absolute atomic E-state index is 11.3. The lowest BCUT2D eigenvalue weighted by atomic mass is 10.2. The van der Waals surface area contributed by atoms with Gasteiger partial charge in [-0.25, -0.2) is 4.98 Å². The van der Waals surface area contributed by atoms with Gasteiger partial charge in [0.1, 0.15) is 11.6 Å². The molecule has 0 spiro atoms. The molecule has 1 aromatic heterocycles. The molecule has 1 N–H and O–H groups in total. The molecule has 0 amide bonds. The third-order valence-corrected chi connectivity index (χ3v) is 3.18. The van der Waals surface area contributed by atoms with E-state index in [2.05, 4.69) is 9.97 Å². The summed E-state index contributed by atoms with van der Waals surface area (Å²) >= 11 is 0. The first kappa shape index (κ1) is 10.9. The van der Waals surface area contributed by atoms with Gasteiger partial charge in [-0.1, -0.05) is 0 Å². The number of aromatic amines is 1. The van der Waals surface area contributed by atoms with E-state index in [9.17, 15) is 4.21 Å². The number of imidazole rings is 1. The fourth-order valence-electron chi connectivity index (χ4n) is 1.46. The minimum absolute atomic E-state index is 0.669. The molecular formula is C11H12N2O2S. The molecule has 0 aliphatic rings. The standard InChI is InChI=1S/C11H12N2O2S/c1-15-10-7-8(16(2)14)3-4-9(10)11-12-5-6-13-11/h3-7H,1-2H3,(H,12,13). The molecule has 0 aliphatic heterocycles. The van der Waals surface area contributed by atoms with Crippen molar-refractivity contribution in [2.75, 3.05) is 13.4 Å². The number of aromatic nitrogens is 2. The number of rotatable bonds is 3. The maximum atomic E-state index is 11.3. The Morgan fingerprint density at radius 1 is 1.44 bits per heavy atom. The molecule has 4 nitrogen and oxygen atoms in total. The largest absolute Gasteiger partial charge is 0.496 e. The van der Waals surface area contributed by atoms with Crippen molar-refractivity contribution in [3.05, 3.63) is 30.6 Å². The Hall–Kier alpha value is -1.62. The number of hydrogen-bond donors (Lipinski definition) is 1. The highest BCUT2D eigenvalue weighted by Gasteiger charge is 2.09. The van der Waals surface area contributed by atoms with E-state index in [0.29, 0.717) is 5.75 Å². The van der Waals surface area contributed by atoms with Crippen LogP contribution in [0, 0.1) is 0 Å². The van der Waals surface area contributed by atoms with Crippen molar-refractivity contribution < 1.29 is 8.95 Å². The normalized spacial score (nSPS) is 12.4. The van der Waals surface area contributed by atoms with Gasteiger partial charge in [-0.3, -0.25) is 4.21 Å². The Morgan fingerprint density at radius 2 is 2.25 bits per heavy atom. The van der Waals surface area contributed by atoms with Crippen LogP contribution in [-0.4, -0.2) is 27.5 Å². The highest BCUT2D eigenvalue weighted by Crippen LogP contribution is 2.29.